The summed E-state index contributed by atoms with van der Waals surface area (Å²) in [6, 6.07) is 0. The molecule has 0 atom stereocenters. The van der Waals surface area contributed by atoms with Crippen molar-refractivity contribution < 1.29 is 64.4 Å². The van der Waals surface area contributed by atoms with Crippen LogP contribution in [0.5, 0.6) is 0 Å². The minimum atomic E-state index is -3.97. The van der Waals surface area contributed by atoms with Gasteiger partial charge in [-0.2, -0.15) is 0 Å². The molecule has 0 aromatic heterocycles. The maximum absolute atomic E-state index is 9.97. The van der Waals surface area contributed by atoms with E-state index in [4.69, 9.17) is 0 Å². The van der Waals surface area contributed by atoms with Crippen molar-refractivity contribution in [3.63, 3.8) is 0 Å². The first-order valence-electron chi connectivity index (χ1n) is 2.16. The maximum Gasteiger partial charge on any atom is 1.00 e. The molecule has 0 fully saturated rings. The van der Waals surface area contributed by atoms with Crippen LogP contribution in [0, 0.1) is 0 Å². The molecule has 0 aliphatic carbocycles. The first-order valence-corrected chi connectivity index (χ1v) is 6.81. The molecule has 6 heteroatoms. The van der Waals surface area contributed by atoms with E-state index in [1.165, 1.54) is 0 Å². The van der Waals surface area contributed by atoms with Gasteiger partial charge >= 0.3 is 111 Å². The Morgan fingerprint density at radius 3 is 2.20 bits per heavy atom. The summed E-state index contributed by atoms with van der Waals surface area (Å²) in [6.45, 7) is 5.17. The molecule has 0 aromatic rings. The second-order valence-electron chi connectivity index (χ2n) is 1.63. The molecule has 0 spiro atoms. The summed E-state index contributed by atoms with van der Waals surface area (Å²) >= 11 is -0.848. The fourth-order valence-electron chi connectivity index (χ4n) is 0.173. The Balaban J connectivity index is 0. The number of hydrogen-bond acceptors (Lipinski definition) is 3. The standard InChI is InChI=1S/C4H8O3SSe.K/c1-4(2)3-9-8(5,6)7;/h1,3H2,2H3,(H,5,6,7);/q;+1/p-1. The Hall–Kier alpha value is 1.81. The molecule has 54 valence electrons. The number of hydrogen-bond donors (Lipinski definition) is 0. The quantitative estimate of drug-likeness (QED) is 0.309. The average molecular weight is 253 g/mol. The summed E-state index contributed by atoms with van der Waals surface area (Å²) in [7, 11) is -3.97. The topological polar surface area (TPSA) is 57.2 Å². The van der Waals surface area contributed by atoms with Gasteiger partial charge in [-0.15, -0.1) is 0 Å². The van der Waals surface area contributed by atoms with Gasteiger partial charge < -0.3 is 0 Å². The van der Waals surface area contributed by atoms with Crippen molar-refractivity contribution in [3.05, 3.63) is 12.2 Å². The number of rotatable bonds is 3. The Bertz CT molecular complexity index is 199. The molecule has 0 saturated heterocycles. The average Bonchev–Trinajstić information content (AvgIpc) is 1.59. The molecule has 0 N–H and O–H groups in total. The molecule has 0 rings (SSSR count). The summed E-state index contributed by atoms with van der Waals surface area (Å²) < 4.78 is 29.9. The van der Waals surface area contributed by atoms with Crippen LogP contribution in [0.4, 0.5) is 0 Å². The monoisotopic (exact) mass is 254 g/mol. The molecule has 3 nitrogen and oxygen atoms in total. The summed E-state index contributed by atoms with van der Waals surface area (Å²) in [6.07, 6.45) is 0. The molecule has 0 aliphatic rings. The van der Waals surface area contributed by atoms with E-state index in [0.29, 0.717) is 5.32 Å². The van der Waals surface area contributed by atoms with Gasteiger partial charge in [0.15, 0.2) is 0 Å². The maximum atomic E-state index is 9.97. The van der Waals surface area contributed by atoms with E-state index in [1.807, 2.05) is 0 Å². The summed E-state index contributed by atoms with van der Waals surface area (Å²) in [5.41, 5.74) is 0.745. The van der Waals surface area contributed by atoms with E-state index in [-0.39, 0.29) is 51.4 Å². The van der Waals surface area contributed by atoms with E-state index in [1.54, 1.807) is 6.92 Å². The van der Waals surface area contributed by atoms with Gasteiger partial charge in [-0.3, -0.25) is 0 Å². The van der Waals surface area contributed by atoms with Crippen molar-refractivity contribution in [2.24, 2.45) is 0 Å². The van der Waals surface area contributed by atoms with Crippen molar-refractivity contribution in [1.29, 1.82) is 0 Å². The van der Waals surface area contributed by atoms with Gasteiger partial charge in [0.1, 0.15) is 0 Å². The van der Waals surface area contributed by atoms with Gasteiger partial charge in [0, 0.05) is 0 Å². The SMILES string of the molecule is C=C(C)C[Se]S(=O)(=O)[O-].[K+]. The molecule has 0 aliphatic heterocycles. The van der Waals surface area contributed by atoms with Crippen LogP contribution in [-0.2, 0) is 8.54 Å². The second-order valence-corrected chi connectivity index (χ2v) is 7.34. The van der Waals surface area contributed by atoms with Crippen molar-refractivity contribution in [3.8, 4) is 0 Å². The van der Waals surface area contributed by atoms with Gasteiger partial charge in [-0.25, -0.2) is 0 Å². The van der Waals surface area contributed by atoms with Gasteiger partial charge in [0.2, 0.25) is 0 Å². The van der Waals surface area contributed by atoms with E-state index in [2.05, 4.69) is 6.58 Å². The fourth-order valence-corrected chi connectivity index (χ4v) is 2.69. The third-order valence-corrected chi connectivity index (χ3v) is 4.45. The molecular formula is C4H7KO3SSe. The zero-order chi connectivity index (χ0) is 7.49. The van der Waals surface area contributed by atoms with Crippen molar-refractivity contribution in [2.75, 3.05) is 0 Å². The zero-order valence-electron chi connectivity index (χ0n) is 5.96. The van der Waals surface area contributed by atoms with Crippen molar-refractivity contribution in [2.45, 2.75) is 12.2 Å². The van der Waals surface area contributed by atoms with Crippen LogP contribution in [0.15, 0.2) is 12.2 Å². The van der Waals surface area contributed by atoms with E-state index < -0.39 is 22.4 Å². The summed E-state index contributed by atoms with van der Waals surface area (Å²) in [5.74, 6) is 0. The van der Waals surface area contributed by atoms with Crippen LogP contribution in [0.25, 0.3) is 0 Å². The Kier molecular flexibility index (Phi) is 9.08. The summed E-state index contributed by atoms with van der Waals surface area (Å²) in [5, 5.41) is 0.332. The van der Waals surface area contributed by atoms with Gasteiger partial charge in [0.25, 0.3) is 0 Å². The van der Waals surface area contributed by atoms with Crippen molar-refractivity contribution >= 4 is 22.4 Å². The fraction of sp³-hybridized carbons (Fsp3) is 0.500. The molecule has 0 saturated carbocycles. The van der Waals surface area contributed by atoms with Crippen LogP contribution < -0.4 is 51.4 Å². The third-order valence-electron chi connectivity index (χ3n) is 0.450. The molecule has 0 bridgehead atoms. The third kappa shape index (κ3) is 12.5. The van der Waals surface area contributed by atoms with Crippen LogP contribution in [0.3, 0.4) is 0 Å². The molecule has 0 radical (unpaired) electrons. The van der Waals surface area contributed by atoms with Crippen LogP contribution in [-0.4, -0.2) is 26.8 Å². The molecular weight excluding hydrogens is 246 g/mol. The molecule has 0 aromatic carbocycles. The molecule has 0 unspecified atom stereocenters. The van der Waals surface area contributed by atoms with E-state index >= 15 is 0 Å². The van der Waals surface area contributed by atoms with Crippen molar-refractivity contribution in [1.82, 2.24) is 0 Å². The Morgan fingerprint density at radius 2 is 2.10 bits per heavy atom. The first-order chi connectivity index (χ1) is 3.92. The second kappa shape index (κ2) is 6.34. The minimum absolute atomic E-state index is 0. The van der Waals surface area contributed by atoms with E-state index in [9.17, 15) is 13.0 Å². The largest absolute Gasteiger partial charge is 1.00 e. The Morgan fingerprint density at radius 1 is 1.70 bits per heavy atom. The summed E-state index contributed by atoms with van der Waals surface area (Å²) in [4.78, 5) is 0. The van der Waals surface area contributed by atoms with Gasteiger partial charge in [-0.05, 0) is 0 Å². The van der Waals surface area contributed by atoms with Crippen LogP contribution in [0.1, 0.15) is 6.92 Å². The molecule has 10 heavy (non-hydrogen) atoms. The first kappa shape index (κ1) is 14.3. The number of allylic oxidation sites excluding steroid dienone is 1. The molecule has 0 heterocycles. The predicted molar refractivity (Wildman–Crippen MR) is 35.1 cm³/mol. The van der Waals surface area contributed by atoms with Gasteiger partial charge in [0.05, 0.1) is 0 Å². The predicted octanol–water partition coefficient (Wildman–Crippen LogP) is -2.85. The van der Waals surface area contributed by atoms with Crippen LogP contribution in [0.2, 0.25) is 5.32 Å². The van der Waals surface area contributed by atoms with E-state index in [0.717, 1.165) is 5.57 Å². The molecule has 0 amide bonds. The zero-order valence-corrected chi connectivity index (χ0v) is 11.6. The Labute approximate surface area is 109 Å². The minimum Gasteiger partial charge on any atom is 1.00 e. The van der Waals surface area contributed by atoms with Gasteiger partial charge in [-0.1, -0.05) is 0 Å². The van der Waals surface area contributed by atoms with Crippen LogP contribution >= 0.6 is 0 Å². The normalized spacial score (nSPS) is 10.2. The smallest absolute Gasteiger partial charge is 1.00 e.